The Labute approximate surface area is 168 Å². The Morgan fingerprint density at radius 2 is 1.86 bits per heavy atom. The van der Waals surface area contributed by atoms with Gasteiger partial charge in [0.2, 0.25) is 18.6 Å². The van der Waals surface area contributed by atoms with Crippen LogP contribution in [-0.2, 0) is 15.1 Å². The van der Waals surface area contributed by atoms with Crippen LogP contribution in [0.15, 0.2) is 42.5 Å². The van der Waals surface area contributed by atoms with Crippen LogP contribution in [0.1, 0.15) is 25.8 Å². The van der Waals surface area contributed by atoms with E-state index < -0.39 is 11.5 Å². The molecular formula is C21H21ClN2O4. The lowest BCUT2D eigenvalue weighted by Gasteiger charge is -2.28. The van der Waals surface area contributed by atoms with Crippen molar-refractivity contribution < 1.29 is 19.1 Å². The molecule has 2 aliphatic rings. The van der Waals surface area contributed by atoms with E-state index in [1.807, 2.05) is 32.0 Å². The number of halogens is 1. The zero-order valence-electron chi connectivity index (χ0n) is 15.7. The number of ether oxygens (including phenoxy) is 2. The summed E-state index contributed by atoms with van der Waals surface area (Å²) in [6.45, 7) is 4.41. The van der Waals surface area contributed by atoms with Crippen molar-refractivity contribution in [2.24, 2.45) is 5.92 Å². The first-order valence-corrected chi connectivity index (χ1v) is 9.49. The predicted molar refractivity (Wildman–Crippen MR) is 106 cm³/mol. The fraction of sp³-hybridized carbons (Fsp3) is 0.333. The van der Waals surface area contributed by atoms with Gasteiger partial charge in [-0.05, 0) is 55.8 Å². The summed E-state index contributed by atoms with van der Waals surface area (Å²) in [7, 11) is 0. The predicted octanol–water partition coefficient (Wildman–Crippen LogP) is 3.47. The number of nitrogens with one attached hydrogen (secondary N) is 1. The van der Waals surface area contributed by atoms with Gasteiger partial charge in [0, 0.05) is 23.7 Å². The van der Waals surface area contributed by atoms with E-state index in [-0.39, 0.29) is 25.0 Å². The van der Waals surface area contributed by atoms with Crippen LogP contribution in [-0.4, -0.2) is 25.2 Å². The molecule has 0 spiro atoms. The third-order valence-corrected chi connectivity index (χ3v) is 5.42. The summed E-state index contributed by atoms with van der Waals surface area (Å²) in [5.74, 6) is 0.753. The Bertz CT molecular complexity index is 927. The normalized spacial score (nSPS) is 18.5. The van der Waals surface area contributed by atoms with Gasteiger partial charge in [-0.2, -0.15) is 0 Å². The van der Waals surface area contributed by atoms with E-state index in [1.54, 1.807) is 29.2 Å². The van der Waals surface area contributed by atoms with E-state index >= 15 is 0 Å². The van der Waals surface area contributed by atoms with Gasteiger partial charge in [-0.15, -0.1) is 0 Å². The first-order chi connectivity index (χ1) is 13.3. The van der Waals surface area contributed by atoms with Crippen molar-refractivity contribution in [1.29, 1.82) is 0 Å². The molecule has 2 amide bonds. The Morgan fingerprint density at radius 1 is 1.14 bits per heavy atom. The fourth-order valence-electron chi connectivity index (χ4n) is 3.52. The molecule has 4 rings (SSSR count). The van der Waals surface area contributed by atoms with Crippen molar-refractivity contribution >= 4 is 29.1 Å². The Balaban J connectivity index is 1.46. The van der Waals surface area contributed by atoms with Crippen molar-refractivity contribution in [3.05, 3.63) is 53.1 Å². The molecule has 2 aromatic carbocycles. The Morgan fingerprint density at radius 3 is 2.61 bits per heavy atom. The highest BCUT2D eigenvalue weighted by molar-refractivity contribution is 6.30. The standard InChI is InChI=1S/C21H21ClN2O4/c1-21(2,14-3-8-17-18(10-14)28-12-27-17)23-20(26)13-9-19(25)24(11-13)16-6-4-15(22)5-7-16/h3-8,10,13H,9,11-12H2,1-2H3,(H,23,26). The summed E-state index contributed by atoms with van der Waals surface area (Å²) < 4.78 is 10.8. The number of hydrogen-bond acceptors (Lipinski definition) is 4. The van der Waals surface area contributed by atoms with Crippen LogP contribution in [0.3, 0.4) is 0 Å². The molecule has 1 unspecified atom stereocenters. The van der Waals surface area contributed by atoms with Gasteiger partial charge in [-0.25, -0.2) is 0 Å². The number of fused-ring (bicyclic) bond motifs is 1. The van der Waals surface area contributed by atoms with Gasteiger partial charge in [0.1, 0.15) is 0 Å². The molecule has 0 aromatic heterocycles. The molecule has 2 aromatic rings. The van der Waals surface area contributed by atoms with Gasteiger partial charge in [0.05, 0.1) is 11.5 Å². The number of benzene rings is 2. The van der Waals surface area contributed by atoms with Crippen molar-refractivity contribution in [3.8, 4) is 11.5 Å². The topological polar surface area (TPSA) is 67.9 Å². The largest absolute Gasteiger partial charge is 0.454 e. The van der Waals surface area contributed by atoms with Gasteiger partial charge in [0.15, 0.2) is 11.5 Å². The molecule has 0 radical (unpaired) electrons. The molecule has 7 heteroatoms. The van der Waals surface area contributed by atoms with Crippen LogP contribution >= 0.6 is 11.6 Å². The minimum Gasteiger partial charge on any atom is -0.454 e. The highest BCUT2D eigenvalue weighted by Gasteiger charge is 2.37. The number of rotatable bonds is 4. The second-order valence-corrected chi connectivity index (χ2v) is 8.00. The van der Waals surface area contributed by atoms with Crippen molar-refractivity contribution in [2.75, 3.05) is 18.2 Å². The summed E-state index contributed by atoms with van der Waals surface area (Å²) >= 11 is 5.92. The molecule has 1 atom stereocenters. The first kappa shape index (κ1) is 18.6. The van der Waals surface area contributed by atoms with Gasteiger partial charge in [-0.1, -0.05) is 17.7 Å². The summed E-state index contributed by atoms with van der Waals surface area (Å²) in [5, 5.41) is 3.68. The molecule has 146 valence electrons. The van der Waals surface area contributed by atoms with Crippen LogP contribution in [0.4, 0.5) is 5.69 Å². The summed E-state index contributed by atoms with van der Waals surface area (Å²) in [5.41, 5.74) is 1.04. The summed E-state index contributed by atoms with van der Waals surface area (Å²) in [4.78, 5) is 26.9. The Kier molecular flexibility index (Phi) is 4.67. The van der Waals surface area contributed by atoms with Crippen LogP contribution in [0.25, 0.3) is 0 Å². The van der Waals surface area contributed by atoms with Gasteiger partial charge < -0.3 is 19.7 Å². The number of carbonyl (C=O) groups is 2. The lowest BCUT2D eigenvalue weighted by molar-refractivity contribution is -0.127. The van der Waals surface area contributed by atoms with Gasteiger partial charge in [0.25, 0.3) is 0 Å². The third-order valence-electron chi connectivity index (χ3n) is 5.16. The van der Waals surface area contributed by atoms with Crippen LogP contribution in [0, 0.1) is 5.92 Å². The van der Waals surface area contributed by atoms with E-state index in [1.165, 1.54) is 0 Å². The molecule has 0 saturated carbocycles. The average molecular weight is 401 g/mol. The van der Waals surface area contributed by atoms with E-state index in [0.717, 1.165) is 11.3 Å². The molecule has 2 aliphatic heterocycles. The number of amides is 2. The van der Waals surface area contributed by atoms with E-state index in [2.05, 4.69) is 5.32 Å². The van der Waals surface area contributed by atoms with Crippen LogP contribution in [0.2, 0.25) is 5.02 Å². The first-order valence-electron chi connectivity index (χ1n) is 9.11. The number of anilines is 1. The maximum Gasteiger partial charge on any atom is 0.231 e. The lowest BCUT2D eigenvalue weighted by atomic mass is 9.92. The summed E-state index contributed by atoms with van der Waals surface area (Å²) in [6, 6.07) is 12.7. The minimum absolute atomic E-state index is 0.0663. The third kappa shape index (κ3) is 3.52. The van der Waals surface area contributed by atoms with Crippen LogP contribution in [0.5, 0.6) is 11.5 Å². The minimum atomic E-state index is -0.616. The number of hydrogen-bond donors (Lipinski definition) is 1. The molecule has 6 nitrogen and oxygen atoms in total. The van der Waals surface area contributed by atoms with Gasteiger partial charge in [-0.3, -0.25) is 9.59 Å². The monoisotopic (exact) mass is 400 g/mol. The number of carbonyl (C=O) groups excluding carboxylic acids is 2. The lowest BCUT2D eigenvalue weighted by Crippen LogP contribution is -2.44. The summed E-state index contributed by atoms with van der Waals surface area (Å²) in [6.07, 6.45) is 0.186. The van der Waals surface area contributed by atoms with Crippen molar-refractivity contribution in [2.45, 2.75) is 25.8 Å². The molecule has 28 heavy (non-hydrogen) atoms. The van der Waals surface area contributed by atoms with E-state index in [4.69, 9.17) is 21.1 Å². The highest BCUT2D eigenvalue weighted by atomic mass is 35.5. The van der Waals surface area contributed by atoms with Crippen LogP contribution < -0.4 is 19.7 Å². The molecule has 1 saturated heterocycles. The van der Waals surface area contributed by atoms with Gasteiger partial charge >= 0.3 is 0 Å². The zero-order valence-corrected chi connectivity index (χ0v) is 16.5. The molecular weight excluding hydrogens is 380 g/mol. The average Bonchev–Trinajstić information content (AvgIpc) is 3.28. The highest BCUT2D eigenvalue weighted by Crippen LogP contribution is 2.36. The molecule has 0 bridgehead atoms. The molecule has 0 aliphatic carbocycles. The molecule has 1 fully saturated rings. The second kappa shape index (κ2) is 7.02. The van der Waals surface area contributed by atoms with Crippen molar-refractivity contribution in [1.82, 2.24) is 5.32 Å². The maximum atomic E-state index is 12.9. The quantitative estimate of drug-likeness (QED) is 0.853. The number of nitrogens with zero attached hydrogens (tertiary/aromatic N) is 1. The maximum absolute atomic E-state index is 12.9. The smallest absolute Gasteiger partial charge is 0.231 e. The van der Waals surface area contributed by atoms with E-state index in [9.17, 15) is 9.59 Å². The van der Waals surface area contributed by atoms with Crippen molar-refractivity contribution in [3.63, 3.8) is 0 Å². The molecule has 2 heterocycles. The second-order valence-electron chi connectivity index (χ2n) is 7.56. The zero-order chi connectivity index (χ0) is 19.9. The molecule has 1 N–H and O–H groups in total. The fourth-order valence-corrected chi connectivity index (χ4v) is 3.65. The SMILES string of the molecule is CC(C)(NC(=O)C1CC(=O)N(c2ccc(Cl)cc2)C1)c1ccc2c(c1)OCO2. The van der Waals surface area contributed by atoms with E-state index in [0.29, 0.717) is 23.1 Å². The Hall–Kier alpha value is -2.73.